The third-order valence-corrected chi connectivity index (χ3v) is 7.44. The number of hydrogen-bond donors (Lipinski definition) is 3. The van der Waals surface area contributed by atoms with Crippen molar-refractivity contribution >= 4 is 33.2 Å². The van der Waals surface area contributed by atoms with Crippen molar-refractivity contribution in [3.63, 3.8) is 0 Å². The Bertz CT molecular complexity index is 252. The molecule has 6 N–H and O–H groups in total. The summed E-state index contributed by atoms with van der Waals surface area (Å²) in [6, 6.07) is 0. The minimum atomic E-state index is -0.0198. The highest BCUT2D eigenvalue weighted by Crippen LogP contribution is 1.88. The number of methoxy groups -OCH3 is 6. The zero-order valence-electron chi connectivity index (χ0n) is 21.0. The summed E-state index contributed by atoms with van der Waals surface area (Å²) in [4.78, 5) is 0. The van der Waals surface area contributed by atoms with Gasteiger partial charge in [-0.3, -0.25) is 0 Å². The van der Waals surface area contributed by atoms with Gasteiger partial charge >= 0.3 is 0 Å². The number of halogens is 3. The SMILES string of the molecule is COCC[S+](N)CCOC.COCC[S+](N)CCOC.COCC[S+](N)CCOC.[Cl-].[Cl-].[Cl-]. The lowest BCUT2D eigenvalue weighted by Gasteiger charge is -1.99. The van der Waals surface area contributed by atoms with Crippen LogP contribution < -0.4 is 52.6 Å². The van der Waals surface area contributed by atoms with Gasteiger partial charge in [-0.15, -0.1) is 0 Å². The van der Waals surface area contributed by atoms with E-state index >= 15 is 0 Å². The van der Waals surface area contributed by atoms with Crippen LogP contribution in [0.1, 0.15) is 0 Å². The minimum absolute atomic E-state index is 0. The average Bonchev–Trinajstić information content (AvgIpc) is 2.76. The Labute approximate surface area is 230 Å². The van der Waals surface area contributed by atoms with Crippen molar-refractivity contribution in [3.05, 3.63) is 0 Å². The summed E-state index contributed by atoms with van der Waals surface area (Å²) < 4.78 is 29.3. The normalized spacial score (nSPS) is 9.82. The van der Waals surface area contributed by atoms with Crippen LogP contribution in [0.5, 0.6) is 0 Å². The molecule has 33 heavy (non-hydrogen) atoms. The highest BCUT2D eigenvalue weighted by atomic mass is 35.5. The van der Waals surface area contributed by atoms with E-state index in [1.807, 2.05) is 0 Å². The number of ether oxygens (including phenoxy) is 6. The molecule has 0 unspecified atom stereocenters. The molecule has 0 rings (SSSR count). The van der Waals surface area contributed by atoms with Crippen LogP contribution in [-0.2, 0) is 61.7 Å². The minimum Gasteiger partial charge on any atom is -1.00 e. The first-order chi connectivity index (χ1) is 14.4. The second-order valence-electron chi connectivity index (χ2n) is 5.79. The molecule has 0 bridgehead atoms. The molecule has 0 aliphatic rings. The van der Waals surface area contributed by atoms with Gasteiger partial charge in [0.1, 0.15) is 0 Å². The van der Waals surface area contributed by atoms with Crippen LogP contribution in [0.2, 0.25) is 0 Å². The summed E-state index contributed by atoms with van der Waals surface area (Å²) in [5.41, 5.74) is 0. The first-order valence-corrected chi connectivity index (χ1v) is 14.5. The lowest BCUT2D eigenvalue weighted by atomic mass is 10.8. The highest BCUT2D eigenvalue weighted by Gasteiger charge is 2.11. The molecule has 9 nitrogen and oxygen atoms in total. The summed E-state index contributed by atoms with van der Waals surface area (Å²) in [5, 5.41) is 17.1. The summed E-state index contributed by atoms with van der Waals surface area (Å²) in [5.74, 6) is 5.67. The fourth-order valence-corrected chi connectivity index (χ4v) is 4.35. The van der Waals surface area contributed by atoms with Gasteiger partial charge in [-0.1, -0.05) is 0 Å². The van der Waals surface area contributed by atoms with Gasteiger partial charge < -0.3 is 65.6 Å². The standard InChI is InChI=1S/3C6H16NO2S.3ClH/c3*1-8-3-5-10(7)6-4-9-2;;;/h3*3-7H2,1-2H3;3*1H/q3*+1;;;/p-3. The number of nitrogens with two attached hydrogens (primary N) is 3. The smallest absolute Gasteiger partial charge is 0.150 e. The van der Waals surface area contributed by atoms with Crippen molar-refractivity contribution in [2.24, 2.45) is 15.4 Å². The Hall–Kier alpha value is 1.56. The maximum Gasteiger partial charge on any atom is 0.150 e. The highest BCUT2D eigenvalue weighted by molar-refractivity contribution is 7.95. The summed E-state index contributed by atoms with van der Waals surface area (Å²) in [7, 11) is 10.1. The molecule has 0 aliphatic heterocycles. The largest absolute Gasteiger partial charge is 1.00 e. The van der Waals surface area contributed by atoms with Crippen LogP contribution >= 0.6 is 0 Å². The Kier molecular flexibility index (Phi) is 63.1. The molecule has 0 spiro atoms. The number of hydrogen-bond acceptors (Lipinski definition) is 9. The fraction of sp³-hybridized carbons (Fsp3) is 1.00. The predicted octanol–water partition coefficient (Wildman–Crippen LogP) is -9.67. The van der Waals surface area contributed by atoms with E-state index in [-0.39, 0.29) is 70.5 Å². The Balaban J connectivity index is -0.0000000792. The molecular weight excluding hydrogens is 557 g/mol. The van der Waals surface area contributed by atoms with Gasteiger partial charge in [0, 0.05) is 42.7 Å². The van der Waals surface area contributed by atoms with Crippen molar-refractivity contribution in [1.82, 2.24) is 0 Å². The average molecular weight is 605 g/mol. The van der Waals surface area contributed by atoms with Crippen LogP contribution in [0.4, 0.5) is 0 Å². The lowest BCUT2D eigenvalue weighted by molar-refractivity contribution is -0.00100. The van der Waals surface area contributed by atoms with Gasteiger partial charge in [0.2, 0.25) is 0 Å². The van der Waals surface area contributed by atoms with Gasteiger partial charge in [0.05, 0.1) is 72.9 Å². The predicted molar refractivity (Wildman–Crippen MR) is 135 cm³/mol. The molecule has 0 aliphatic carbocycles. The maximum absolute atomic E-state index is 5.71. The van der Waals surface area contributed by atoms with Crippen molar-refractivity contribution in [2.45, 2.75) is 0 Å². The van der Waals surface area contributed by atoms with E-state index in [9.17, 15) is 0 Å². The first-order valence-electron chi connectivity index (χ1n) is 9.62. The molecule has 0 saturated heterocycles. The maximum atomic E-state index is 5.71. The molecule has 210 valence electrons. The zero-order chi connectivity index (χ0) is 23.5. The molecule has 0 heterocycles. The van der Waals surface area contributed by atoms with Gasteiger partial charge in [0.25, 0.3) is 0 Å². The van der Waals surface area contributed by atoms with E-state index in [2.05, 4.69) is 0 Å². The van der Waals surface area contributed by atoms with E-state index in [4.69, 9.17) is 43.8 Å². The molecule has 0 aromatic rings. The third kappa shape index (κ3) is 51.2. The fourth-order valence-electron chi connectivity index (χ4n) is 1.45. The van der Waals surface area contributed by atoms with Crippen LogP contribution in [0.25, 0.3) is 0 Å². The molecule has 0 radical (unpaired) electrons. The monoisotopic (exact) mass is 603 g/mol. The van der Waals surface area contributed by atoms with E-state index in [1.165, 1.54) is 0 Å². The molecule has 0 atom stereocenters. The first kappa shape index (κ1) is 47.7. The van der Waals surface area contributed by atoms with Crippen LogP contribution in [-0.4, -0.2) is 117 Å². The third-order valence-electron chi connectivity index (χ3n) is 3.30. The van der Waals surface area contributed by atoms with Crippen molar-refractivity contribution < 1.29 is 65.6 Å². The van der Waals surface area contributed by atoms with Crippen molar-refractivity contribution in [1.29, 1.82) is 0 Å². The Morgan fingerprint density at radius 2 is 0.485 bits per heavy atom. The van der Waals surface area contributed by atoms with Crippen LogP contribution in [0.3, 0.4) is 0 Å². The van der Waals surface area contributed by atoms with Gasteiger partial charge in [0.15, 0.2) is 34.5 Å². The summed E-state index contributed by atoms with van der Waals surface area (Å²) >= 11 is -0.0594. The summed E-state index contributed by atoms with van der Waals surface area (Å²) in [6.45, 7) is 4.52. The molecule has 0 amide bonds. The summed E-state index contributed by atoms with van der Waals surface area (Å²) in [6.07, 6.45) is 0. The molecule has 0 fully saturated rings. The van der Waals surface area contributed by atoms with E-state index in [0.29, 0.717) is 0 Å². The zero-order valence-corrected chi connectivity index (χ0v) is 25.7. The number of rotatable bonds is 18. The van der Waals surface area contributed by atoms with Gasteiger partial charge in [-0.05, 0) is 0 Å². The van der Waals surface area contributed by atoms with Crippen molar-refractivity contribution in [3.8, 4) is 0 Å². The quantitative estimate of drug-likeness (QED) is 0.130. The molecular formula is C18H48Cl3N3O6S3. The second kappa shape index (κ2) is 43.6. The lowest BCUT2D eigenvalue weighted by Crippen LogP contribution is -3.00. The Morgan fingerprint density at radius 3 is 0.576 bits per heavy atom. The van der Waals surface area contributed by atoms with Gasteiger partial charge in [-0.25, -0.2) is 0 Å². The van der Waals surface area contributed by atoms with Crippen LogP contribution in [0, 0.1) is 0 Å². The Morgan fingerprint density at radius 1 is 0.364 bits per heavy atom. The van der Waals surface area contributed by atoms with Crippen molar-refractivity contribution in [2.75, 3.05) is 117 Å². The van der Waals surface area contributed by atoms with E-state index in [0.717, 1.165) is 74.2 Å². The molecule has 0 aromatic heterocycles. The molecule has 0 saturated carbocycles. The van der Waals surface area contributed by atoms with E-state index in [1.54, 1.807) is 42.7 Å². The topological polar surface area (TPSA) is 133 Å². The molecule has 0 aromatic carbocycles. The second-order valence-corrected chi connectivity index (χ2v) is 11.5. The van der Waals surface area contributed by atoms with Crippen LogP contribution in [0.15, 0.2) is 0 Å². The van der Waals surface area contributed by atoms with E-state index < -0.39 is 0 Å². The van der Waals surface area contributed by atoms with Gasteiger partial charge in [-0.2, -0.15) is 15.4 Å². The molecule has 15 heteroatoms.